The summed E-state index contributed by atoms with van der Waals surface area (Å²) in [6.45, 7) is 0.318. The average Bonchev–Trinajstić information content (AvgIpc) is 3.67. The highest BCUT2D eigenvalue weighted by atomic mass is 32.2. The Labute approximate surface area is 230 Å². The van der Waals surface area contributed by atoms with Crippen LogP contribution in [0.4, 0.5) is 10.5 Å². The lowest BCUT2D eigenvalue weighted by atomic mass is 9.81. The normalized spacial score (nSPS) is 20.9. The first-order chi connectivity index (χ1) is 18.7. The predicted octanol–water partition coefficient (Wildman–Crippen LogP) is 3.73. The van der Waals surface area contributed by atoms with Crippen LogP contribution in [0.15, 0.2) is 64.2 Å². The molecule has 1 saturated heterocycles. The Kier molecular flexibility index (Phi) is 6.84. The lowest BCUT2D eigenvalue weighted by molar-refractivity contribution is -0.132. The molecular weight excluding hydrogens is 540 g/mol. The van der Waals surface area contributed by atoms with E-state index >= 15 is 0 Å². The minimum absolute atomic E-state index is 0.000932. The number of sulfonamides is 1. The van der Waals surface area contributed by atoms with E-state index in [0.717, 1.165) is 15.6 Å². The van der Waals surface area contributed by atoms with Crippen molar-refractivity contribution in [3.63, 3.8) is 0 Å². The molecule has 0 N–H and O–H groups in total. The van der Waals surface area contributed by atoms with Crippen LogP contribution in [-0.4, -0.2) is 64.2 Å². The number of hydrogen-bond acceptors (Lipinski definition) is 9. The highest BCUT2D eigenvalue weighted by Gasteiger charge is 2.63. The smallest absolute Gasteiger partial charge is 0.410 e. The van der Waals surface area contributed by atoms with Crippen LogP contribution in [0.3, 0.4) is 0 Å². The molecule has 202 valence electrons. The molecule has 2 aromatic carbocycles. The second kappa shape index (κ2) is 10.00. The van der Waals surface area contributed by atoms with Gasteiger partial charge in [-0.05, 0) is 48.6 Å². The lowest BCUT2D eigenvalue weighted by Crippen LogP contribution is -2.57. The van der Waals surface area contributed by atoms with Gasteiger partial charge in [-0.25, -0.2) is 9.69 Å². The lowest BCUT2D eigenvalue weighted by Gasteiger charge is -2.41. The first-order valence-corrected chi connectivity index (χ1v) is 14.5. The molecule has 2 amide bonds. The topological polar surface area (TPSA) is 120 Å². The maximum atomic E-state index is 14.9. The van der Waals surface area contributed by atoms with E-state index in [9.17, 15) is 23.3 Å². The number of carbonyl (C=O) groups excluding carboxylic acids is 2. The molecule has 12 heteroatoms. The minimum atomic E-state index is -4.32. The molecule has 10 nitrogen and oxygen atoms in total. The van der Waals surface area contributed by atoms with Crippen molar-refractivity contribution in [2.75, 3.05) is 32.1 Å². The van der Waals surface area contributed by atoms with Crippen molar-refractivity contribution in [3.8, 4) is 11.8 Å². The first-order valence-electron chi connectivity index (χ1n) is 12.1. The number of para-hydroxylation sites is 1. The molecule has 2 aliphatic heterocycles. The van der Waals surface area contributed by atoms with Crippen LogP contribution >= 0.6 is 11.3 Å². The van der Waals surface area contributed by atoms with Crippen LogP contribution in [0.1, 0.15) is 29.5 Å². The molecule has 39 heavy (non-hydrogen) atoms. The summed E-state index contributed by atoms with van der Waals surface area (Å²) in [4.78, 5) is 30.5. The van der Waals surface area contributed by atoms with Gasteiger partial charge in [0.15, 0.2) is 11.8 Å². The standard InChI is InChI=1S/C27H26N4O6S2/c1-29(2)26(33)37-23-10-6-14-30(23)27(19-8-4-5-9-22(19)36-3)20-16-18(17-28)12-13-21(20)31(25(27)32)39(34,35)24-11-7-15-38-24/h4-5,7-9,11-13,15-16,23H,6,10,14H2,1-3H3. The minimum Gasteiger partial charge on any atom is -0.496 e. The summed E-state index contributed by atoms with van der Waals surface area (Å²) < 4.78 is 40.3. The maximum absolute atomic E-state index is 14.9. The quantitative estimate of drug-likeness (QED) is 0.443. The molecule has 2 atom stereocenters. The largest absolute Gasteiger partial charge is 0.496 e. The van der Waals surface area contributed by atoms with Crippen LogP contribution < -0.4 is 9.04 Å². The second-order valence-electron chi connectivity index (χ2n) is 9.33. The van der Waals surface area contributed by atoms with Gasteiger partial charge in [-0.2, -0.15) is 18.0 Å². The third kappa shape index (κ3) is 4.05. The number of hydrogen-bond donors (Lipinski definition) is 0. The third-order valence-electron chi connectivity index (χ3n) is 6.95. The third-order valence-corrected chi connectivity index (χ3v) is 10.0. The van der Waals surface area contributed by atoms with Gasteiger partial charge in [-0.1, -0.05) is 24.3 Å². The number of carbonyl (C=O) groups is 2. The van der Waals surface area contributed by atoms with Crippen molar-refractivity contribution >= 4 is 39.0 Å². The maximum Gasteiger partial charge on any atom is 0.410 e. The van der Waals surface area contributed by atoms with Crippen molar-refractivity contribution in [1.29, 1.82) is 5.26 Å². The van der Waals surface area contributed by atoms with Gasteiger partial charge in [-0.3, -0.25) is 4.79 Å². The summed E-state index contributed by atoms with van der Waals surface area (Å²) in [6, 6.07) is 16.5. The molecule has 0 radical (unpaired) electrons. The van der Waals surface area contributed by atoms with Gasteiger partial charge >= 0.3 is 6.09 Å². The van der Waals surface area contributed by atoms with Crippen molar-refractivity contribution in [2.45, 2.75) is 28.8 Å². The van der Waals surface area contributed by atoms with E-state index in [-0.39, 0.29) is 15.5 Å². The molecule has 0 bridgehead atoms. The van der Waals surface area contributed by atoms with Crippen molar-refractivity contribution in [2.24, 2.45) is 0 Å². The Balaban J connectivity index is 1.84. The first kappa shape index (κ1) is 26.7. The Bertz CT molecular complexity index is 1580. The number of rotatable bonds is 6. The molecule has 3 heterocycles. The molecule has 2 unspecified atom stereocenters. The fourth-order valence-electron chi connectivity index (χ4n) is 5.28. The van der Waals surface area contributed by atoms with Gasteiger partial charge < -0.3 is 14.4 Å². The highest BCUT2D eigenvalue weighted by Crippen LogP contribution is 2.54. The van der Waals surface area contributed by atoms with E-state index in [1.54, 1.807) is 54.7 Å². The van der Waals surface area contributed by atoms with Crippen LogP contribution in [0.5, 0.6) is 5.75 Å². The number of thiophene rings is 1. The van der Waals surface area contributed by atoms with Gasteiger partial charge in [0.1, 0.15) is 9.96 Å². The van der Waals surface area contributed by atoms with Crippen molar-refractivity contribution in [3.05, 3.63) is 76.7 Å². The predicted molar refractivity (Wildman–Crippen MR) is 144 cm³/mol. The molecule has 0 saturated carbocycles. The Morgan fingerprint density at radius 1 is 1.15 bits per heavy atom. The number of fused-ring (bicyclic) bond motifs is 1. The molecule has 0 aliphatic carbocycles. The van der Waals surface area contributed by atoms with Crippen LogP contribution in [-0.2, 0) is 25.1 Å². The van der Waals surface area contributed by atoms with Crippen molar-refractivity contribution in [1.82, 2.24) is 9.80 Å². The molecule has 1 aromatic heterocycles. The fourth-order valence-corrected chi connectivity index (χ4v) is 7.81. The van der Waals surface area contributed by atoms with E-state index in [4.69, 9.17) is 9.47 Å². The van der Waals surface area contributed by atoms with E-state index in [2.05, 4.69) is 6.07 Å². The van der Waals surface area contributed by atoms with Gasteiger partial charge in [0.05, 0.1) is 24.4 Å². The Morgan fingerprint density at radius 2 is 1.92 bits per heavy atom. The number of anilines is 1. The summed E-state index contributed by atoms with van der Waals surface area (Å²) in [5, 5.41) is 11.4. The molecule has 3 aromatic rings. The van der Waals surface area contributed by atoms with Crippen LogP contribution in [0, 0.1) is 11.3 Å². The molecule has 2 aliphatic rings. The second-order valence-corrected chi connectivity index (χ2v) is 12.3. The number of ether oxygens (including phenoxy) is 2. The number of amides is 2. The number of likely N-dealkylation sites (tertiary alicyclic amines) is 1. The summed E-state index contributed by atoms with van der Waals surface area (Å²) in [7, 11) is 0.256. The molecule has 0 spiro atoms. The number of benzene rings is 2. The Morgan fingerprint density at radius 3 is 2.59 bits per heavy atom. The number of nitriles is 1. The van der Waals surface area contributed by atoms with Crippen molar-refractivity contribution < 1.29 is 27.5 Å². The van der Waals surface area contributed by atoms with Crippen LogP contribution in [0.25, 0.3) is 0 Å². The van der Waals surface area contributed by atoms with E-state index in [1.807, 2.05) is 0 Å². The summed E-state index contributed by atoms with van der Waals surface area (Å²) in [5.41, 5.74) is -0.720. The average molecular weight is 567 g/mol. The fraction of sp³-hybridized carbons (Fsp3) is 0.296. The summed E-state index contributed by atoms with van der Waals surface area (Å²) >= 11 is 1.00. The van der Waals surface area contributed by atoms with Gasteiger partial charge in [-0.15, -0.1) is 11.3 Å². The zero-order valence-corrected chi connectivity index (χ0v) is 23.2. The van der Waals surface area contributed by atoms with Gasteiger partial charge in [0.25, 0.3) is 15.9 Å². The van der Waals surface area contributed by atoms with E-state index in [1.165, 1.54) is 36.3 Å². The summed E-state index contributed by atoms with van der Waals surface area (Å²) in [5.74, 6) is -0.419. The Hall–Kier alpha value is -3.92. The molecule has 5 rings (SSSR count). The monoisotopic (exact) mass is 566 g/mol. The SMILES string of the molecule is COc1ccccc1C1(N2CCCC2OC(=O)N(C)C)C(=O)N(S(=O)(=O)c2cccs2)c2ccc(C#N)cc21. The summed E-state index contributed by atoms with van der Waals surface area (Å²) in [6.07, 6.45) is -0.437. The number of nitrogens with zero attached hydrogens (tertiary/aromatic N) is 4. The van der Waals surface area contributed by atoms with Gasteiger partial charge in [0.2, 0.25) is 0 Å². The zero-order valence-electron chi connectivity index (χ0n) is 21.5. The molecular formula is C27H26N4O6S2. The van der Waals surface area contributed by atoms with E-state index in [0.29, 0.717) is 36.3 Å². The number of methoxy groups -OCH3 is 1. The highest BCUT2D eigenvalue weighted by molar-refractivity contribution is 7.95. The molecule has 1 fully saturated rings. The zero-order chi connectivity index (χ0) is 27.9. The van der Waals surface area contributed by atoms with Gasteiger partial charge in [0, 0.05) is 31.8 Å². The van der Waals surface area contributed by atoms with Crippen LogP contribution in [0.2, 0.25) is 0 Å². The van der Waals surface area contributed by atoms with E-state index < -0.39 is 33.8 Å².